The summed E-state index contributed by atoms with van der Waals surface area (Å²) >= 11 is 6.07. The lowest BCUT2D eigenvalue weighted by atomic mass is 10.2. The van der Waals surface area contributed by atoms with Crippen LogP contribution in [0.5, 0.6) is 0 Å². The highest BCUT2D eigenvalue weighted by Crippen LogP contribution is 2.21. The highest BCUT2D eigenvalue weighted by molar-refractivity contribution is 6.30. The first-order chi connectivity index (χ1) is 14.0. The smallest absolute Gasteiger partial charge is 0.330 e. The van der Waals surface area contributed by atoms with Crippen LogP contribution in [0.4, 0.5) is 16.2 Å². The van der Waals surface area contributed by atoms with Crippen molar-refractivity contribution in [2.75, 3.05) is 43.0 Å². The number of hydrogen-bond donors (Lipinski definition) is 1. The number of esters is 1. The fourth-order valence-corrected chi connectivity index (χ4v) is 3.26. The van der Waals surface area contributed by atoms with E-state index in [1.807, 2.05) is 48.5 Å². The molecule has 2 amide bonds. The minimum absolute atomic E-state index is 0.120. The Bertz CT molecular complexity index is 875. The molecule has 1 heterocycles. The zero-order chi connectivity index (χ0) is 20.6. The molecule has 29 heavy (non-hydrogen) atoms. The van der Waals surface area contributed by atoms with Crippen LogP contribution in [0, 0.1) is 0 Å². The molecule has 7 heteroatoms. The van der Waals surface area contributed by atoms with Gasteiger partial charge in [-0.3, -0.25) is 0 Å². The predicted molar refractivity (Wildman–Crippen MR) is 116 cm³/mol. The minimum Gasteiger partial charge on any atom is -0.463 e. The largest absolute Gasteiger partial charge is 0.463 e. The van der Waals surface area contributed by atoms with E-state index < -0.39 is 0 Å². The number of rotatable bonds is 5. The number of halogens is 1. The summed E-state index contributed by atoms with van der Waals surface area (Å²) in [4.78, 5) is 27.9. The van der Waals surface area contributed by atoms with Crippen LogP contribution >= 0.6 is 11.6 Å². The molecule has 6 nitrogen and oxygen atoms in total. The second kappa shape index (κ2) is 9.98. The van der Waals surface area contributed by atoms with Crippen LogP contribution < -0.4 is 10.2 Å². The molecule has 0 unspecified atom stereocenters. The minimum atomic E-state index is -0.373. The molecule has 0 saturated carbocycles. The maximum atomic E-state index is 12.5. The summed E-state index contributed by atoms with van der Waals surface area (Å²) in [7, 11) is 0. The van der Waals surface area contributed by atoms with Crippen molar-refractivity contribution in [3.63, 3.8) is 0 Å². The molecule has 152 valence electrons. The van der Waals surface area contributed by atoms with Crippen LogP contribution in [0.15, 0.2) is 54.6 Å². The van der Waals surface area contributed by atoms with E-state index in [0.29, 0.717) is 30.4 Å². The summed E-state index contributed by atoms with van der Waals surface area (Å²) in [6.45, 7) is 4.90. The Morgan fingerprint density at radius 3 is 2.48 bits per heavy atom. The topological polar surface area (TPSA) is 61.9 Å². The van der Waals surface area contributed by atoms with E-state index in [1.54, 1.807) is 17.9 Å². The fourth-order valence-electron chi connectivity index (χ4n) is 3.08. The van der Waals surface area contributed by atoms with Crippen molar-refractivity contribution < 1.29 is 14.3 Å². The summed E-state index contributed by atoms with van der Waals surface area (Å²) in [5.74, 6) is -0.373. The summed E-state index contributed by atoms with van der Waals surface area (Å²) in [6.07, 6.45) is 3.06. The summed E-state index contributed by atoms with van der Waals surface area (Å²) in [5, 5.41) is 3.63. The average Bonchev–Trinajstić information content (AvgIpc) is 2.73. The quantitative estimate of drug-likeness (QED) is 0.587. The standard InChI is InChI=1S/C22H24ClN3O3/c1-2-29-21(27)11-8-17-6-9-19(10-7-17)24-22(28)26-14-12-25(13-15-26)20-5-3-4-18(23)16-20/h3-11,16H,2,12-15H2,1H3,(H,24,28)/b11-8-. The van der Waals surface area contributed by atoms with Crippen molar-refractivity contribution in [1.82, 2.24) is 4.90 Å². The normalized spacial score (nSPS) is 14.1. The molecule has 2 aromatic rings. The third-order valence-corrected chi connectivity index (χ3v) is 4.84. The Kier molecular flexibility index (Phi) is 7.14. The van der Waals surface area contributed by atoms with Crippen molar-refractivity contribution in [2.24, 2.45) is 0 Å². The number of benzene rings is 2. The highest BCUT2D eigenvalue weighted by Gasteiger charge is 2.21. The first-order valence-corrected chi connectivity index (χ1v) is 9.94. The average molecular weight is 414 g/mol. The third kappa shape index (κ3) is 5.99. The van der Waals surface area contributed by atoms with Crippen LogP contribution in [-0.4, -0.2) is 49.7 Å². The number of amides is 2. The molecule has 0 atom stereocenters. The first-order valence-electron chi connectivity index (χ1n) is 9.56. The SMILES string of the molecule is CCOC(=O)/C=C\c1ccc(NC(=O)N2CCN(c3cccc(Cl)c3)CC2)cc1. The van der Waals surface area contributed by atoms with Crippen molar-refractivity contribution in [1.29, 1.82) is 0 Å². The second-order valence-electron chi connectivity index (χ2n) is 6.59. The molecule has 2 aromatic carbocycles. The molecule has 0 radical (unpaired) electrons. The van der Waals surface area contributed by atoms with Crippen LogP contribution in [0.3, 0.4) is 0 Å². The molecule has 1 N–H and O–H groups in total. The zero-order valence-corrected chi connectivity index (χ0v) is 17.1. The number of hydrogen-bond acceptors (Lipinski definition) is 4. The Labute approximate surface area is 175 Å². The van der Waals surface area contributed by atoms with Gasteiger partial charge in [0.05, 0.1) is 6.61 Å². The van der Waals surface area contributed by atoms with Gasteiger partial charge in [0, 0.05) is 48.7 Å². The van der Waals surface area contributed by atoms with Gasteiger partial charge in [-0.2, -0.15) is 0 Å². The lowest BCUT2D eigenvalue weighted by Gasteiger charge is -2.36. The van der Waals surface area contributed by atoms with Gasteiger partial charge < -0.3 is 19.9 Å². The third-order valence-electron chi connectivity index (χ3n) is 4.60. The van der Waals surface area contributed by atoms with Crippen molar-refractivity contribution in [3.05, 3.63) is 65.2 Å². The number of nitrogens with zero attached hydrogens (tertiary/aromatic N) is 2. The maximum Gasteiger partial charge on any atom is 0.330 e. The number of urea groups is 1. The van der Waals surface area contributed by atoms with E-state index in [0.717, 1.165) is 24.3 Å². The zero-order valence-electron chi connectivity index (χ0n) is 16.3. The van der Waals surface area contributed by atoms with Gasteiger partial charge in [0.1, 0.15) is 0 Å². The molecule has 1 aliphatic heterocycles. The van der Waals surface area contributed by atoms with Crippen molar-refractivity contribution in [2.45, 2.75) is 6.92 Å². The Balaban J connectivity index is 1.50. The molecule has 1 fully saturated rings. The van der Waals surface area contributed by atoms with Gasteiger partial charge in [0.2, 0.25) is 0 Å². The van der Waals surface area contributed by atoms with E-state index in [9.17, 15) is 9.59 Å². The maximum absolute atomic E-state index is 12.5. The second-order valence-corrected chi connectivity index (χ2v) is 7.03. The molecule has 0 aliphatic carbocycles. The van der Waals surface area contributed by atoms with E-state index in [2.05, 4.69) is 10.2 Å². The monoisotopic (exact) mass is 413 g/mol. The molecule has 1 aliphatic rings. The summed E-state index contributed by atoms with van der Waals surface area (Å²) in [6, 6.07) is 14.9. The summed E-state index contributed by atoms with van der Waals surface area (Å²) in [5.41, 5.74) is 2.63. The predicted octanol–water partition coefficient (Wildman–Crippen LogP) is 4.27. The fraction of sp³-hybridized carbons (Fsp3) is 0.273. The Morgan fingerprint density at radius 1 is 1.10 bits per heavy atom. The number of nitrogens with one attached hydrogen (secondary N) is 1. The molecule has 1 saturated heterocycles. The van der Waals surface area contributed by atoms with Crippen LogP contribution in [-0.2, 0) is 9.53 Å². The van der Waals surface area contributed by atoms with Gasteiger partial charge >= 0.3 is 12.0 Å². The Morgan fingerprint density at radius 2 is 1.83 bits per heavy atom. The number of carbonyl (C=O) groups is 2. The van der Waals surface area contributed by atoms with Gasteiger partial charge in [-0.15, -0.1) is 0 Å². The van der Waals surface area contributed by atoms with E-state index in [1.165, 1.54) is 6.08 Å². The van der Waals surface area contributed by atoms with E-state index in [4.69, 9.17) is 16.3 Å². The molecule has 3 rings (SSSR count). The first kappa shape index (κ1) is 20.7. The number of ether oxygens (including phenoxy) is 1. The van der Waals surface area contributed by atoms with Gasteiger partial charge in [0.15, 0.2) is 0 Å². The lowest BCUT2D eigenvalue weighted by molar-refractivity contribution is -0.137. The van der Waals surface area contributed by atoms with Gasteiger partial charge in [-0.25, -0.2) is 9.59 Å². The highest BCUT2D eigenvalue weighted by atomic mass is 35.5. The van der Waals surface area contributed by atoms with Crippen LogP contribution in [0.25, 0.3) is 6.08 Å². The molecule has 0 aromatic heterocycles. The summed E-state index contributed by atoms with van der Waals surface area (Å²) < 4.78 is 4.85. The van der Waals surface area contributed by atoms with Gasteiger partial charge in [-0.05, 0) is 48.9 Å². The number of carbonyl (C=O) groups excluding carboxylic acids is 2. The van der Waals surface area contributed by atoms with Crippen molar-refractivity contribution in [3.8, 4) is 0 Å². The van der Waals surface area contributed by atoms with Crippen molar-refractivity contribution >= 4 is 41.1 Å². The molecule has 0 spiro atoms. The van der Waals surface area contributed by atoms with Gasteiger partial charge in [0.25, 0.3) is 0 Å². The molecule has 0 bridgehead atoms. The molecular formula is C22H24ClN3O3. The van der Waals surface area contributed by atoms with Crippen LogP contribution in [0.1, 0.15) is 12.5 Å². The van der Waals surface area contributed by atoms with Crippen LogP contribution in [0.2, 0.25) is 5.02 Å². The molecular weight excluding hydrogens is 390 g/mol. The van der Waals surface area contributed by atoms with E-state index >= 15 is 0 Å². The lowest BCUT2D eigenvalue weighted by Crippen LogP contribution is -2.50. The number of piperazine rings is 1. The van der Waals surface area contributed by atoms with E-state index in [-0.39, 0.29) is 12.0 Å². The Hall–Kier alpha value is -2.99. The number of anilines is 2. The van der Waals surface area contributed by atoms with Gasteiger partial charge in [-0.1, -0.05) is 29.8 Å².